The number of fused-ring (bicyclic) bond motifs is 1. The minimum absolute atomic E-state index is 0.0469. The molecule has 0 bridgehead atoms. The van der Waals surface area contributed by atoms with E-state index in [1.54, 1.807) is 12.1 Å². The zero-order valence-electron chi connectivity index (χ0n) is 20.9. The van der Waals surface area contributed by atoms with E-state index in [0.717, 1.165) is 42.4 Å². The molecule has 2 aromatic carbocycles. The van der Waals surface area contributed by atoms with E-state index in [9.17, 15) is 22.8 Å². The van der Waals surface area contributed by atoms with Crippen LogP contribution in [0.5, 0.6) is 0 Å². The molecule has 5 nitrogen and oxygen atoms in total. The number of hydrogen-bond donors (Lipinski definition) is 3. The molecule has 1 amide bonds. The molecular formula is C28H33ClF3N3O2. The largest absolute Gasteiger partial charge is 0.450 e. The maximum atomic E-state index is 13.0. The third-order valence-corrected chi connectivity index (χ3v) is 7.70. The Balaban J connectivity index is 1.43. The van der Waals surface area contributed by atoms with Crippen LogP contribution in [0.1, 0.15) is 72.0 Å². The average Bonchev–Trinajstić information content (AvgIpc) is 3.23. The molecule has 0 saturated heterocycles. The molecule has 1 atom stereocenters. The lowest BCUT2D eigenvalue weighted by Crippen LogP contribution is -2.34. The molecule has 1 unspecified atom stereocenters. The Bertz CT molecular complexity index is 1140. The highest BCUT2D eigenvalue weighted by Crippen LogP contribution is 2.37. The van der Waals surface area contributed by atoms with E-state index in [0.29, 0.717) is 28.5 Å². The first-order valence-electron chi connectivity index (χ1n) is 12.9. The summed E-state index contributed by atoms with van der Waals surface area (Å²) < 4.78 is 38.9. The summed E-state index contributed by atoms with van der Waals surface area (Å²) in [5.74, 6) is -2.89. The Hall–Kier alpha value is -2.74. The van der Waals surface area contributed by atoms with E-state index in [-0.39, 0.29) is 31.3 Å². The van der Waals surface area contributed by atoms with Gasteiger partial charge < -0.3 is 16.0 Å². The summed E-state index contributed by atoms with van der Waals surface area (Å²) in [7, 11) is 0. The summed E-state index contributed by atoms with van der Waals surface area (Å²) in [6, 6.07) is 9.34. The summed E-state index contributed by atoms with van der Waals surface area (Å²) in [6.45, 7) is 2.26. The first kappa shape index (κ1) is 27.3. The molecule has 0 spiro atoms. The molecule has 1 aliphatic heterocycles. The van der Waals surface area contributed by atoms with Crippen LogP contribution in [0.15, 0.2) is 30.3 Å². The molecule has 4 rings (SSSR count). The normalized spacial score (nSPS) is 18.7. The Labute approximate surface area is 220 Å². The highest BCUT2D eigenvalue weighted by molar-refractivity contribution is 6.33. The monoisotopic (exact) mass is 535 g/mol. The molecule has 0 radical (unpaired) electrons. The van der Waals surface area contributed by atoms with Crippen molar-refractivity contribution in [3.63, 3.8) is 0 Å². The lowest BCUT2D eigenvalue weighted by atomic mass is 9.96. The minimum atomic E-state index is -4.85. The standard InChI is InChI=1S/C28H33ClF3N3O2/c1-17-14-18(8-10-21(17)27(37)35-20-6-4-2-3-5-7-20)15-34-25-22-11-9-19(26(36)28(30,31)32)16-33-24(22)13-12-23(25)29/h8,10,12-14,19-20,33-34H,2-7,9,11,15-16H2,1H3,(H,35,37). The van der Waals surface area contributed by atoms with Gasteiger partial charge in [0, 0.05) is 36.3 Å². The fraction of sp³-hybridized carbons (Fsp3) is 0.500. The van der Waals surface area contributed by atoms with Gasteiger partial charge in [-0.25, -0.2) is 0 Å². The maximum Gasteiger partial charge on any atom is 0.450 e. The molecule has 9 heteroatoms. The van der Waals surface area contributed by atoms with Crippen molar-refractivity contribution in [2.45, 2.75) is 77.1 Å². The lowest BCUT2D eigenvalue weighted by Gasteiger charge is -2.18. The van der Waals surface area contributed by atoms with E-state index >= 15 is 0 Å². The Morgan fingerprint density at radius 2 is 1.78 bits per heavy atom. The van der Waals surface area contributed by atoms with Gasteiger partial charge in [-0.05, 0) is 67.5 Å². The average molecular weight is 536 g/mol. The van der Waals surface area contributed by atoms with E-state index in [1.807, 2.05) is 25.1 Å². The van der Waals surface area contributed by atoms with Crippen molar-refractivity contribution in [2.24, 2.45) is 5.92 Å². The van der Waals surface area contributed by atoms with Crippen LogP contribution in [0.2, 0.25) is 5.02 Å². The minimum Gasteiger partial charge on any atom is -0.384 e. The number of carbonyl (C=O) groups excluding carboxylic acids is 2. The van der Waals surface area contributed by atoms with Gasteiger partial charge in [-0.15, -0.1) is 0 Å². The number of aryl methyl sites for hydroxylation is 1. The van der Waals surface area contributed by atoms with Crippen molar-refractivity contribution in [1.29, 1.82) is 0 Å². The number of rotatable bonds is 6. The molecule has 2 aromatic rings. The summed E-state index contributed by atoms with van der Waals surface area (Å²) >= 11 is 6.46. The SMILES string of the molecule is Cc1cc(CNc2c(Cl)ccc3c2CCC(C(=O)C(F)(F)F)CN3)ccc1C(=O)NC1CCCCCC1. The predicted octanol–water partition coefficient (Wildman–Crippen LogP) is 6.82. The van der Waals surface area contributed by atoms with Crippen molar-refractivity contribution >= 4 is 34.7 Å². The molecule has 37 heavy (non-hydrogen) atoms. The molecule has 1 heterocycles. The van der Waals surface area contributed by atoms with Crippen LogP contribution < -0.4 is 16.0 Å². The molecule has 0 aromatic heterocycles. The van der Waals surface area contributed by atoms with Crippen LogP contribution in [-0.4, -0.2) is 30.5 Å². The van der Waals surface area contributed by atoms with Crippen LogP contribution >= 0.6 is 11.6 Å². The second-order valence-electron chi connectivity index (χ2n) is 10.1. The van der Waals surface area contributed by atoms with Gasteiger partial charge in [-0.1, -0.05) is 49.4 Å². The number of nitrogens with one attached hydrogen (secondary N) is 3. The number of benzene rings is 2. The summed E-state index contributed by atoms with van der Waals surface area (Å²) in [6.07, 6.45) is 2.31. The fourth-order valence-corrected chi connectivity index (χ4v) is 5.56. The van der Waals surface area contributed by atoms with Gasteiger partial charge in [0.05, 0.1) is 10.7 Å². The molecule has 1 saturated carbocycles. The molecule has 1 aliphatic carbocycles. The zero-order chi connectivity index (χ0) is 26.6. The Morgan fingerprint density at radius 1 is 1.05 bits per heavy atom. The van der Waals surface area contributed by atoms with E-state index in [4.69, 9.17) is 11.6 Å². The number of amides is 1. The number of Topliss-reactive ketones (excluding diaryl/α,β-unsaturated/α-hetero) is 1. The molecular weight excluding hydrogens is 503 g/mol. The van der Waals surface area contributed by atoms with Crippen molar-refractivity contribution < 1.29 is 22.8 Å². The van der Waals surface area contributed by atoms with Crippen molar-refractivity contribution in [3.05, 3.63) is 57.6 Å². The van der Waals surface area contributed by atoms with Crippen LogP contribution in [0.25, 0.3) is 0 Å². The quantitative estimate of drug-likeness (QED) is 0.355. The number of carbonyl (C=O) groups is 2. The number of hydrogen-bond acceptors (Lipinski definition) is 4. The second kappa shape index (κ2) is 11.8. The van der Waals surface area contributed by atoms with Gasteiger partial charge in [0.1, 0.15) is 0 Å². The molecule has 3 N–H and O–H groups in total. The van der Waals surface area contributed by atoms with Gasteiger partial charge in [0.25, 0.3) is 5.91 Å². The predicted molar refractivity (Wildman–Crippen MR) is 140 cm³/mol. The Kier molecular flexibility index (Phi) is 8.67. The van der Waals surface area contributed by atoms with Crippen LogP contribution in [-0.2, 0) is 17.8 Å². The van der Waals surface area contributed by atoms with E-state index in [2.05, 4.69) is 16.0 Å². The van der Waals surface area contributed by atoms with Gasteiger partial charge in [-0.2, -0.15) is 13.2 Å². The Morgan fingerprint density at radius 3 is 2.46 bits per heavy atom. The van der Waals surface area contributed by atoms with Crippen molar-refractivity contribution in [2.75, 3.05) is 17.2 Å². The number of alkyl halides is 3. The smallest absolute Gasteiger partial charge is 0.384 e. The number of ketones is 1. The van der Waals surface area contributed by atoms with Gasteiger partial charge in [0.2, 0.25) is 5.78 Å². The first-order chi connectivity index (χ1) is 17.6. The highest BCUT2D eigenvalue weighted by Gasteiger charge is 2.43. The second-order valence-corrected chi connectivity index (χ2v) is 10.5. The molecule has 2 aliphatic rings. The third kappa shape index (κ3) is 6.78. The highest BCUT2D eigenvalue weighted by atomic mass is 35.5. The zero-order valence-corrected chi connectivity index (χ0v) is 21.7. The van der Waals surface area contributed by atoms with Gasteiger partial charge in [0.15, 0.2) is 0 Å². The number of anilines is 2. The maximum absolute atomic E-state index is 13.0. The van der Waals surface area contributed by atoms with E-state index < -0.39 is 17.9 Å². The first-order valence-corrected chi connectivity index (χ1v) is 13.3. The topological polar surface area (TPSA) is 70.2 Å². The van der Waals surface area contributed by atoms with Gasteiger partial charge >= 0.3 is 6.18 Å². The van der Waals surface area contributed by atoms with Crippen LogP contribution in [0.4, 0.5) is 24.5 Å². The van der Waals surface area contributed by atoms with Crippen LogP contribution in [0, 0.1) is 12.8 Å². The summed E-state index contributed by atoms with van der Waals surface area (Å²) in [4.78, 5) is 24.7. The van der Waals surface area contributed by atoms with Crippen LogP contribution in [0.3, 0.4) is 0 Å². The molecule has 200 valence electrons. The lowest BCUT2D eigenvalue weighted by molar-refractivity contribution is -0.175. The van der Waals surface area contributed by atoms with Gasteiger partial charge in [-0.3, -0.25) is 9.59 Å². The fourth-order valence-electron chi connectivity index (χ4n) is 5.31. The van der Waals surface area contributed by atoms with Crippen molar-refractivity contribution in [1.82, 2.24) is 5.32 Å². The summed E-state index contributed by atoms with van der Waals surface area (Å²) in [5.41, 5.74) is 4.55. The van der Waals surface area contributed by atoms with E-state index in [1.165, 1.54) is 12.8 Å². The number of halogens is 4. The van der Waals surface area contributed by atoms with Crippen molar-refractivity contribution in [3.8, 4) is 0 Å². The third-order valence-electron chi connectivity index (χ3n) is 7.39. The summed E-state index contributed by atoms with van der Waals surface area (Å²) in [5, 5.41) is 9.97. The molecule has 1 fully saturated rings.